The van der Waals surface area contributed by atoms with Crippen molar-refractivity contribution < 1.29 is 13.2 Å². The van der Waals surface area contributed by atoms with Gasteiger partial charge in [-0.15, -0.1) is 0 Å². The Kier molecular flexibility index (Phi) is 5.88. The molecule has 31 heavy (non-hydrogen) atoms. The van der Waals surface area contributed by atoms with Crippen molar-refractivity contribution in [3.8, 4) is 5.69 Å². The van der Waals surface area contributed by atoms with Gasteiger partial charge in [0, 0.05) is 42.8 Å². The van der Waals surface area contributed by atoms with Crippen LogP contribution in [0.3, 0.4) is 0 Å². The van der Waals surface area contributed by atoms with Crippen LogP contribution >= 0.6 is 0 Å². The number of nitrogens with zero attached hydrogens (tertiary/aromatic N) is 4. The lowest BCUT2D eigenvalue weighted by atomic mass is 9.97. The van der Waals surface area contributed by atoms with Crippen molar-refractivity contribution >= 4 is 21.6 Å². The van der Waals surface area contributed by atoms with E-state index >= 15 is 0 Å². The number of carbonyl (C=O) groups excluding carboxylic acids is 1. The Morgan fingerprint density at radius 1 is 1.10 bits per heavy atom. The third-order valence-corrected chi connectivity index (χ3v) is 7.35. The number of carbonyl (C=O) groups is 1. The summed E-state index contributed by atoms with van der Waals surface area (Å²) >= 11 is 0. The van der Waals surface area contributed by atoms with Gasteiger partial charge in [-0.3, -0.25) is 9.78 Å². The number of hydrogen-bond donors (Lipinski definition) is 1. The van der Waals surface area contributed by atoms with Crippen LogP contribution in [0.2, 0.25) is 0 Å². The van der Waals surface area contributed by atoms with Gasteiger partial charge in [-0.1, -0.05) is 6.07 Å². The van der Waals surface area contributed by atoms with E-state index in [0.29, 0.717) is 31.6 Å². The minimum Gasteiger partial charge on any atom is -0.326 e. The molecule has 0 saturated carbocycles. The second-order valence-corrected chi connectivity index (χ2v) is 9.68. The molecule has 0 spiro atoms. The van der Waals surface area contributed by atoms with Crippen LogP contribution in [-0.4, -0.2) is 46.5 Å². The standard InChI is InChI=1S/C22H25N5O3S/c1-16-13-17(2)27(25-16)20-6-3-5-19(14-20)24-22(28)18-8-11-26(12-9-18)31(29,30)21-7-4-10-23-15-21/h3-7,10,13-15,18H,8-9,11-12H2,1-2H3,(H,24,28). The molecule has 162 valence electrons. The third kappa shape index (κ3) is 4.52. The van der Waals surface area contributed by atoms with E-state index < -0.39 is 10.0 Å². The highest BCUT2D eigenvalue weighted by atomic mass is 32.2. The molecule has 3 heterocycles. The minimum absolute atomic E-state index is 0.0936. The highest BCUT2D eigenvalue weighted by molar-refractivity contribution is 7.89. The highest BCUT2D eigenvalue weighted by Gasteiger charge is 2.32. The molecule has 0 atom stereocenters. The fraction of sp³-hybridized carbons (Fsp3) is 0.318. The topological polar surface area (TPSA) is 97.2 Å². The maximum Gasteiger partial charge on any atom is 0.244 e. The summed E-state index contributed by atoms with van der Waals surface area (Å²) in [7, 11) is -3.58. The fourth-order valence-electron chi connectivity index (χ4n) is 3.86. The predicted octanol–water partition coefficient (Wildman–Crippen LogP) is 2.92. The SMILES string of the molecule is Cc1cc(C)n(-c2cccc(NC(=O)C3CCN(S(=O)(=O)c4cccnc4)CC3)c2)n1. The molecule has 1 N–H and O–H groups in total. The van der Waals surface area contributed by atoms with E-state index in [2.05, 4.69) is 15.4 Å². The Bertz CT molecular complexity index is 1180. The predicted molar refractivity (Wildman–Crippen MR) is 117 cm³/mol. The van der Waals surface area contributed by atoms with Crippen LogP contribution in [0, 0.1) is 19.8 Å². The van der Waals surface area contributed by atoms with Crippen molar-refractivity contribution in [3.05, 3.63) is 66.2 Å². The van der Waals surface area contributed by atoms with Crippen molar-refractivity contribution in [2.24, 2.45) is 5.92 Å². The number of rotatable bonds is 5. The van der Waals surface area contributed by atoms with E-state index in [0.717, 1.165) is 17.1 Å². The number of hydrogen-bond acceptors (Lipinski definition) is 5. The summed E-state index contributed by atoms with van der Waals surface area (Å²) in [6.45, 7) is 4.54. The lowest BCUT2D eigenvalue weighted by Gasteiger charge is -2.30. The first-order valence-electron chi connectivity index (χ1n) is 10.2. The number of benzene rings is 1. The maximum atomic E-state index is 12.8. The van der Waals surface area contributed by atoms with E-state index in [1.165, 1.54) is 16.6 Å². The number of nitrogens with one attached hydrogen (secondary N) is 1. The molecule has 3 aromatic rings. The summed E-state index contributed by atoms with van der Waals surface area (Å²) in [6, 6.07) is 12.7. The molecule has 0 unspecified atom stereocenters. The van der Waals surface area contributed by atoms with Crippen molar-refractivity contribution in [2.45, 2.75) is 31.6 Å². The Hall–Kier alpha value is -3.04. The van der Waals surface area contributed by atoms with Crippen LogP contribution in [0.15, 0.2) is 59.8 Å². The van der Waals surface area contributed by atoms with Crippen molar-refractivity contribution in [1.82, 2.24) is 19.1 Å². The van der Waals surface area contributed by atoms with Gasteiger partial charge >= 0.3 is 0 Å². The summed E-state index contributed by atoms with van der Waals surface area (Å²) in [5.41, 5.74) is 3.52. The Labute approximate surface area is 182 Å². The molecule has 1 amide bonds. The zero-order valence-electron chi connectivity index (χ0n) is 17.5. The van der Waals surface area contributed by atoms with Gasteiger partial charge in [0.15, 0.2) is 0 Å². The van der Waals surface area contributed by atoms with Gasteiger partial charge in [0.2, 0.25) is 15.9 Å². The molecule has 9 heteroatoms. The number of anilines is 1. The van der Waals surface area contributed by atoms with E-state index in [9.17, 15) is 13.2 Å². The number of pyridine rings is 1. The van der Waals surface area contributed by atoms with Gasteiger partial charge in [0.25, 0.3) is 0 Å². The zero-order valence-corrected chi connectivity index (χ0v) is 18.3. The number of sulfonamides is 1. The second kappa shape index (κ2) is 8.60. The van der Waals surface area contributed by atoms with E-state index in [-0.39, 0.29) is 16.7 Å². The fourth-order valence-corrected chi connectivity index (χ4v) is 5.29. The third-order valence-electron chi connectivity index (χ3n) is 5.46. The number of aromatic nitrogens is 3. The maximum absolute atomic E-state index is 12.8. The molecule has 1 saturated heterocycles. The molecule has 1 aliphatic heterocycles. The second-order valence-electron chi connectivity index (χ2n) is 7.75. The number of piperidine rings is 1. The smallest absolute Gasteiger partial charge is 0.244 e. The summed E-state index contributed by atoms with van der Waals surface area (Å²) in [4.78, 5) is 16.9. The first kappa shape index (κ1) is 21.2. The Balaban J connectivity index is 1.40. The number of aryl methyl sites for hydroxylation is 2. The molecule has 1 aromatic carbocycles. The summed E-state index contributed by atoms with van der Waals surface area (Å²) < 4.78 is 28.7. The van der Waals surface area contributed by atoms with Crippen LogP contribution in [0.1, 0.15) is 24.2 Å². The molecule has 4 rings (SSSR count). The largest absolute Gasteiger partial charge is 0.326 e. The molecular weight excluding hydrogens is 414 g/mol. The quantitative estimate of drug-likeness (QED) is 0.659. The molecule has 1 fully saturated rings. The molecule has 0 aliphatic carbocycles. The molecule has 1 aliphatic rings. The van der Waals surface area contributed by atoms with Crippen molar-refractivity contribution in [1.29, 1.82) is 0 Å². The number of amides is 1. The van der Waals surface area contributed by atoms with Crippen LogP contribution in [-0.2, 0) is 14.8 Å². The van der Waals surface area contributed by atoms with Crippen molar-refractivity contribution in [2.75, 3.05) is 18.4 Å². The van der Waals surface area contributed by atoms with E-state index in [4.69, 9.17) is 0 Å². The van der Waals surface area contributed by atoms with Crippen molar-refractivity contribution in [3.63, 3.8) is 0 Å². The lowest BCUT2D eigenvalue weighted by Crippen LogP contribution is -2.41. The molecule has 8 nitrogen and oxygen atoms in total. The van der Waals surface area contributed by atoms with Gasteiger partial charge in [-0.05, 0) is 63.1 Å². The average Bonchev–Trinajstić information content (AvgIpc) is 3.12. The minimum atomic E-state index is -3.58. The van der Waals surface area contributed by atoms with Crippen LogP contribution in [0.25, 0.3) is 5.69 Å². The summed E-state index contributed by atoms with van der Waals surface area (Å²) in [6.07, 6.45) is 3.84. The summed E-state index contributed by atoms with van der Waals surface area (Å²) in [5.74, 6) is -0.332. The molecule has 2 aromatic heterocycles. The van der Waals surface area contributed by atoms with E-state index in [1.807, 2.05) is 48.9 Å². The van der Waals surface area contributed by atoms with Gasteiger partial charge in [0.1, 0.15) is 4.90 Å². The van der Waals surface area contributed by atoms with Crippen LogP contribution in [0.4, 0.5) is 5.69 Å². The van der Waals surface area contributed by atoms with Crippen LogP contribution in [0.5, 0.6) is 0 Å². The Morgan fingerprint density at radius 2 is 1.87 bits per heavy atom. The zero-order chi connectivity index (χ0) is 22.0. The first-order valence-corrected chi connectivity index (χ1v) is 11.6. The normalized spacial score (nSPS) is 15.7. The lowest BCUT2D eigenvalue weighted by molar-refractivity contribution is -0.120. The molecule has 0 bridgehead atoms. The molecule has 0 radical (unpaired) electrons. The van der Waals surface area contributed by atoms with Gasteiger partial charge < -0.3 is 5.32 Å². The average molecular weight is 440 g/mol. The highest BCUT2D eigenvalue weighted by Crippen LogP contribution is 2.25. The van der Waals surface area contributed by atoms with Crippen LogP contribution < -0.4 is 5.32 Å². The van der Waals surface area contributed by atoms with E-state index in [1.54, 1.807) is 12.3 Å². The van der Waals surface area contributed by atoms with Gasteiger partial charge in [-0.2, -0.15) is 9.40 Å². The summed E-state index contributed by atoms with van der Waals surface area (Å²) in [5, 5.41) is 7.46. The monoisotopic (exact) mass is 439 g/mol. The Morgan fingerprint density at radius 3 is 2.52 bits per heavy atom. The first-order chi connectivity index (χ1) is 14.8. The molecular formula is C22H25N5O3S. The van der Waals surface area contributed by atoms with Gasteiger partial charge in [-0.25, -0.2) is 13.1 Å². The van der Waals surface area contributed by atoms with Gasteiger partial charge in [0.05, 0.1) is 11.4 Å².